The Kier molecular flexibility index (Phi) is 3.09. The van der Waals surface area contributed by atoms with Gasteiger partial charge in [-0.1, -0.05) is 47.7 Å². The van der Waals surface area contributed by atoms with E-state index in [1.54, 1.807) is 11.3 Å². The molecule has 1 aromatic heterocycles. The minimum absolute atomic E-state index is 0.781. The Bertz CT molecular complexity index is 847. The highest BCUT2D eigenvalue weighted by atomic mass is 32.1. The van der Waals surface area contributed by atoms with Gasteiger partial charge in [0.25, 0.3) is 0 Å². The van der Waals surface area contributed by atoms with Gasteiger partial charge < -0.3 is 10.2 Å². The Labute approximate surface area is 139 Å². The van der Waals surface area contributed by atoms with Crippen LogP contribution >= 0.6 is 11.3 Å². The molecule has 0 saturated carbocycles. The Morgan fingerprint density at radius 2 is 1.74 bits per heavy atom. The summed E-state index contributed by atoms with van der Waals surface area (Å²) in [6.45, 7) is 4.53. The minimum Gasteiger partial charge on any atom is -0.346 e. The molecular weight excluding hydrogens is 304 g/mol. The summed E-state index contributed by atoms with van der Waals surface area (Å²) in [5, 5.41) is 17.0. The van der Waals surface area contributed by atoms with E-state index in [1.165, 1.54) is 10.8 Å². The third kappa shape index (κ3) is 2.31. The molecule has 0 amide bonds. The van der Waals surface area contributed by atoms with Gasteiger partial charge in [0.2, 0.25) is 5.13 Å². The van der Waals surface area contributed by atoms with Crippen LogP contribution in [0.15, 0.2) is 42.5 Å². The van der Waals surface area contributed by atoms with E-state index in [0.717, 1.165) is 53.7 Å². The van der Waals surface area contributed by atoms with Crippen molar-refractivity contribution in [1.29, 1.82) is 0 Å². The van der Waals surface area contributed by atoms with Crippen LogP contribution in [-0.2, 0) is 0 Å². The first kappa shape index (κ1) is 13.5. The lowest BCUT2D eigenvalue weighted by molar-refractivity contribution is 0.533. The SMILES string of the molecule is c1ccc2cc(-c3nnc(N4C[C@H]5CNC[C@H]5C4)s3)ccc2c1. The van der Waals surface area contributed by atoms with Crippen molar-refractivity contribution in [3.63, 3.8) is 0 Å². The number of nitrogens with one attached hydrogen (secondary N) is 1. The van der Waals surface area contributed by atoms with Crippen molar-refractivity contribution in [2.75, 3.05) is 31.1 Å². The molecule has 0 spiro atoms. The van der Waals surface area contributed by atoms with E-state index < -0.39 is 0 Å². The zero-order chi connectivity index (χ0) is 15.2. The van der Waals surface area contributed by atoms with Crippen LogP contribution in [0.4, 0.5) is 5.13 Å². The van der Waals surface area contributed by atoms with Crippen LogP contribution in [0.1, 0.15) is 0 Å². The lowest BCUT2D eigenvalue weighted by Crippen LogP contribution is -2.25. The first-order chi connectivity index (χ1) is 11.4. The molecule has 4 nitrogen and oxygen atoms in total. The van der Waals surface area contributed by atoms with Crippen molar-refractivity contribution in [2.45, 2.75) is 0 Å². The number of anilines is 1. The van der Waals surface area contributed by atoms with E-state index in [-0.39, 0.29) is 0 Å². The van der Waals surface area contributed by atoms with Gasteiger partial charge in [0.15, 0.2) is 0 Å². The first-order valence-corrected chi connectivity index (χ1v) is 8.97. The Morgan fingerprint density at radius 3 is 2.57 bits per heavy atom. The molecular formula is C18H18N4S. The predicted octanol–water partition coefficient (Wildman–Crippen LogP) is 3.01. The molecule has 0 bridgehead atoms. The van der Waals surface area contributed by atoms with Crippen LogP contribution in [0.25, 0.3) is 21.3 Å². The molecule has 5 rings (SSSR count). The van der Waals surface area contributed by atoms with Crippen LogP contribution in [-0.4, -0.2) is 36.4 Å². The monoisotopic (exact) mass is 322 g/mol. The molecule has 0 unspecified atom stereocenters. The second-order valence-electron chi connectivity index (χ2n) is 6.54. The van der Waals surface area contributed by atoms with E-state index in [4.69, 9.17) is 0 Å². The van der Waals surface area contributed by atoms with Crippen LogP contribution in [0.3, 0.4) is 0 Å². The molecule has 2 aliphatic rings. The van der Waals surface area contributed by atoms with Crippen molar-refractivity contribution in [1.82, 2.24) is 15.5 Å². The largest absolute Gasteiger partial charge is 0.346 e. The molecule has 2 atom stereocenters. The molecule has 23 heavy (non-hydrogen) atoms. The summed E-state index contributed by atoms with van der Waals surface area (Å²) in [5.41, 5.74) is 1.16. The van der Waals surface area contributed by atoms with Gasteiger partial charge in [-0.05, 0) is 28.7 Å². The summed E-state index contributed by atoms with van der Waals surface area (Å²) in [4.78, 5) is 2.42. The number of hydrogen-bond acceptors (Lipinski definition) is 5. The standard InChI is InChI=1S/C18H18N4S/c1-2-4-13-7-14(6-5-12(13)3-1)17-20-21-18(23-17)22-10-15-8-19-9-16(15)11-22/h1-7,15-16,19H,8-11H2/t15-,16+. The molecule has 116 valence electrons. The molecule has 0 radical (unpaired) electrons. The van der Waals surface area contributed by atoms with Crippen molar-refractivity contribution in [2.24, 2.45) is 11.8 Å². The van der Waals surface area contributed by atoms with E-state index in [2.05, 4.69) is 62.9 Å². The van der Waals surface area contributed by atoms with Crippen molar-refractivity contribution < 1.29 is 0 Å². The molecule has 2 saturated heterocycles. The Balaban J connectivity index is 1.44. The molecule has 5 heteroatoms. The van der Waals surface area contributed by atoms with Crippen LogP contribution in [0.2, 0.25) is 0 Å². The number of hydrogen-bond donors (Lipinski definition) is 1. The Hall–Kier alpha value is -1.98. The maximum Gasteiger partial charge on any atom is 0.208 e. The molecule has 1 N–H and O–H groups in total. The molecule has 0 aliphatic carbocycles. The van der Waals surface area contributed by atoms with E-state index >= 15 is 0 Å². The summed E-state index contributed by atoms with van der Waals surface area (Å²) >= 11 is 1.71. The third-order valence-corrected chi connectivity index (χ3v) is 6.10. The van der Waals surface area contributed by atoms with Crippen LogP contribution in [0.5, 0.6) is 0 Å². The second-order valence-corrected chi connectivity index (χ2v) is 7.49. The van der Waals surface area contributed by atoms with Gasteiger partial charge in [0.1, 0.15) is 5.01 Å². The van der Waals surface area contributed by atoms with Gasteiger partial charge in [-0.3, -0.25) is 0 Å². The summed E-state index contributed by atoms with van der Waals surface area (Å²) < 4.78 is 0. The average Bonchev–Trinajstić information content (AvgIpc) is 3.29. The lowest BCUT2D eigenvalue weighted by atomic mass is 10.0. The fraction of sp³-hybridized carbons (Fsp3) is 0.333. The van der Waals surface area contributed by atoms with Gasteiger partial charge >= 0.3 is 0 Å². The summed E-state index contributed by atoms with van der Waals surface area (Å²) in [5.74, 6) is 1.56. The normalized spacial score (nSPS) is 23.6. The van der Waals surface area contributed by atoms with Gasteiger partial charge in [-0.2, -0.15) is 0 Å². The van der Waals surface area contributed by atoms with E-state index in [1.807, 2.05) is 0 Å². The average molecular weight is 322 g/mol. The van der Waals surface area contributed by atoms with E-state index in [9.17, 15) is 0 Å². The maximum atomic E-state index is 4.46. The van der Waals surface area contributed by atoms with Crippen LogP contribution in [0, 0.1) is 11.8 Å². The highest BCUT2D eigenvalue weighted by Gasteiger charge is 2.37. The fourth-order valence-electron chi connectivity index (χ4n) is 3.79. The number of rotatable bonds is 2. The smallest absolute Gasteiger partial charge is 0.208 e. The molecule has 2 aliphatic heterocycles. The number of aromatic nitrogens is 2. The van der Waals surface area contributed by atoms with Crippen molar-refractivity contribution >= 4 is 27.2 Å². The zero-order valence-electron chi connectivity index (χ0n) is 12.8. The Morgan fingerprint density at radius 1 is 0.957 bits per heavy atom. The van der Waals surface area contributed by atoms with Crippen LogP contribution < -0.4 is 10.2 Å². The van der Waals surface area contributed by atoms with Gasteiger partial charge in [0, 0.05) is 31.7 Å². The zero-order valence-corrected chi connectivity index (χ0v) is 13.6. The third-order valence-electron chi connectivity index (χ3n) is 5.07. The number of nitrogens with zero attached hydrogens (tertiary/aromatic N) is 3. The highest BCUT2D eigenvalue weighted by molar-refractivity contribution is 7.18. The predicted molar refractivity (Wildman–Crippen MR) is 94.9 cm³/mol. The minimum atomic E-state index is 0.781. The molecule has 3 heterocycles. The summed E-state index contributed by atoms with van der Waals surface area (Å²) in [6, 6.07) is 15.0. The van der Waals surface area contributed by atoms with Gasteiger partial charge in [-0.15, -0.1) is 10.2 Å². The molecule has 3 aromatic rings. The highest BCUT2D eigenvalue weighted by Crippen LogP contribution is 2.35. The topological polar surface area (TPSA) is 41.1 Å². The van der Waals surface area contributed by atoms with Gasteiger partial charge in [-0.25, -0.2) is 0 Å². The van der Waals surface area contributed by atoms with Crippen molar-refractivity contribution in [3.8, 4) is 10.6 Å². The molecule has 2 fully saturated rings. The number of fused-ring (bicyclic) bond motifs is 2. The summed E-state index contributed by atoms with van der Waals surface area (Å²) in [7, 11) is 0. The second kappa shape index (κ2) is 5.28. The fourth-order valence-corrected chi connectivity index (χ4v) is 4.65. The first-order valence-electron chi connectivity index (χ1n) is 8.15. The maximum absolute atomic E-state index is 4.46. The van der Waals surface area contributed by atoms with E-state index in [0.29, 0.717) is 0 Å². The lowest BCUT2D eigenvalue weighted by Gasteiger charge is -2.14. The van der Waals surface area contributed by atoms with Gasteiger partial charge in [0.05, 0.1) is 0 Å². The summed E-state index contributed by atoms with van der Waals surface area (Å²) in [6.07, 6.45) is 0. The quantitative estimate of drug-likeness (QED) is 0.787. The number of benzene rings is 2. The van der Waals surface area contributed by atoms with Crippen molar-refractivity contribution in [3.05, 3.63) is 42.5 Å². The molecule has 2 aromatic carbocycles.